The van der Waals surface area contributed by atoms with E-state index in [1.807, 2.05) is 36.4 Å². The summed E-state index contributed by atoms with van der Waals surface area (Å²) in [5, 5.41) is 2.15. The maximum absolute atomic E-state index is 6.24. The van der Waals surface area contributed by atoms with E-state index in [0.29, 0.717) is 24.1 Å². The summed E-state index contributed by atoms with van der Waals surface area (Å²) in [7, 11) is 0. The Morgan fingerprint density at radius 1 is 0.392 bits per heavy atom. The molecule has 1 aliphatic heterocycles. The molecule has 1 aliphatic rings. The van der Waals surface area contributed by atoms with E-state index in [1.165, 1.54) is 11.1 Å². The zero-order chi connectivity index (χ0) is 33.7. The molecule has 2 aromatic heterocycles. The maximum Gasteiger partial charge on any atom is 0.164 e. The van der Waals surface area contributed by atoms with Gasteiger partial charge in [-0.1, -0.05) is 140 Å². The average Bonchev–Trinajstić information content (AvgIpc) is 3.59. The largest absolute Gasteiger partial charge is 0.488 e. The number of furan rings is 1. The second-order valence-electron chi connectivity index (χ2n) is 12.8. The molecule has 0 bridgehead atoms. The molecule has 0 fully saturated rings. The highest BCUT2D eigenvalue weighted by Crippen LogP contribution is 2.44. The maximum atomic E-state index is 6.24. The van der Waals surface area contributed by atoms with Crippen molar-refractivity contribution in [1.29, 1.82) is 0 Å². The first-order valence-electron chi connectivity index (χ1n) is 17.0. The molecule has 0 amide bonds. The highest BCUT2D eigenvalue weighted by molar-refractivity contribution is 6.05. The molecule has 0 saturated heterocycles. The van der Waals surface area contributed by atoms with Gasteiger partial charge in [0.15, 0.2) is 17.5 Å². The van der Waals surface area contributed by atoms with Gasteiger partial charge in [-0.05, 0) is 57.6 Å². The highest BCUT2D eigenvalue weighted by Gasteiger charge is 2.21. The molecule has 0 aliphatic carbocycles. The Labute approximate surface area is 294 Å². The van der Waals surface area contributed by atoms with Crippen molar-refractivity contribution < 1.29 is 9.15 Å². The minimum absolute atomic E-state index is 0.577. The van der Waals surface area contributed by atoms with Gasteiger partial charge in [-0.15, -0.1) is 0 Å². The van der Waals surface area contributed by atoms with E-state index in [9.17, 15) is 0 Å². The zero-order valence-corrected chi connectivity index (χ0v) is 27.5. The van der Waals surface area contributed by atoms with Crippen LogP contribution in [0.5, 0.6) is 5.75 Å². The van der Waals surface area contributed by atoms with Crippen LogP contribution in [0.2, 0.25) is 0 Å². The van der Waals surface area contributed by atoms with Crippen LogP contribution in [0.1, 0.15) is 5.56 Å². The summed E-state index contributed by atoms with van der Waals surface area (Å²) in [6.07, 6.45) is 0. The van der Waals surface area contributed by atoms with Crippen molar-refractivity contribution in [2.75, 3.05) is 0 Å². The van der Waals surface area contributed by atoms with E-state index < -0.39 is 0 Å². The number of benzene rings is 7. The van der Waals surface area contributed by atoms with Crippen LogP contribution in [0.4, 0.5) is 0 Å². The summed E-state index contributed by atoms with van der Waals surface area (Å²) in [5.74, 6) is 2.69. The Morgan fingerprint density at radius 3 is 1.75 bits per heavy atom. The summed E-state index contributed by atoms with van der Waals surface area (Å²) in [6.45, 7) is 0.577. The van der Waals surface area contributed by atoms with Crippen molar-refractivity contribution in [2.45, 2.75) is 6.61 Å². The van der Waals surface area contributed by atoms with Gasteiger partial charge in [0.25, 0.3) is 0 Å². The molecular formula is C46H29N3O2. The Balaban J connectivity index is 1.08. The first-order valence-corrected chi connectivity index (χ1v) is 17.0. The second-order valence-corrected chi connectivity index (χ2v) is 12.8. The van der Waals surface area contributed by atoms with Gasteiger partial charge >= 0.3 is 0 Å². The van der Waals surface area contributed by atoms with E-state index in [0.717, 1.165) is 72.2 Å². The molecule has 0 unspecified atom stereocenters. The third kappa shape index (κ3) is 5.15. The van der Waals surface area contributed by atoms with Crippen molar-refractivity contribution in [3.63, 3.8) is 0 Å². The monoisotopic (exact) mass is 655 g/mol. The number of nitrogens with zero attached hydrogens (tertiary/aromatic N) is 3. The molecule has 0 atom stereocenters. The molecule has 3 heterocycles. The first kappa shape index (κ1) is 29.1. The summed E-state index contributed by atoms with van der Waals surface area (Å²) in [5.41, 5.74) is 12.4. The van der Waals surface area contributed by atoms with E-state index >= 15 is 0 Å². The number of hydrogen-bond donors (Lipinski definition) is 0. The molecular weight excluding hydrogens is 627 g/mol. The molecule has 0 N–H and O–H groups in total. The lowest BCUT2D eigenvalue weighted by Gasteiger charge is -2.23. The van der Waals surface area contributed by atoms with Gasteiger partial charge in [-0.3, -0.25) is 0 Å². The van der Waals surface area contributed by atoms with Crippen LogP contribution in [-0.2, 0) is 6.61 Å². The van der Waals surface area contributed by atoms with E-state index in [4.69, 9.17) is 24.1 Å². The van der Waals surface area contributed by atoms with Crippen LogP contribution in [-0.4, -0.2) is 15.0 Å². The smallest absolute Gasteiger partial charge is 0.164 e. The molecule has 5 nitrogen and oxygen atoms in total. The fourth-order valence-corrected chi connectivity index (χ4v) is 7.08. The predicted octanol–water partition coefficient (Wildman–Crippen LogP) is 11.7. The molecule has 0 spiro atoms. The lowest BCUT2D eigenvalue weighted by molar-refractivity contribution is 0.302. The minimum Gasteiger partial charge on any atom is -0.488 e. The highest BCUT2D eigenvalue weighted by atomic mass is 16.5. The third-order valence-electron chi connectivity index (χ3n) is 9.67. The summed E-state index contributed by atoms with van der Waals surface area (Å²) >= 11 is 0. The quantitative estimate of drug-likeness (QED) is 0.185. The number of aromatic nitrogens is 3. The molecule has 5 heteroatoms. The van der Waals surface area contributed by atoms with Crippen molar-refractivity contribution >= 4 is 21.9 Å². The van der Waals surface area contributed by atoms with Crippen LogP contribution < -0.4 is 4.74 Å². The Morgan fingerprint density at radius 2 is 0.961 bits per heavy atom. The molecule has 240 valence electrons. The Kier molecular flexibility index (Phi) is 6.81. The van der Waals surface area contributed by atoms with Gasteiger partial charge in [0.2, 0.25) is 0 Å². The van der Waals surface area contributed by atoms with Crippen molar-refractivity contribution in [3.05, 3.63) is 169 Å². The lowest BCUT2D eigenvalue weighted by Crippen LogP contribution is -2.06. The van der Waals surface area contributed by atoms with Crippen molar-refractivity contribution in [1.82, 2.24) is 15.0 Å². The number of fused-ring (bicyclic) bond motifs is 6. The van der Waals surface area contributed by atoms with Gasteiger partial charge in [0.1, 0.15) is 23.5 Å². The Hall–Kier alpha value is -6.85. The van der Waals surface area contributed by atoms with Crippen LogP contribution in [0, 0.1) is 0 Å². The van der Waals surface area contributed by atoms with Gasteiger partial charge in [0.05, 0.1) is 0 Å². The van der Waals surface area contributed by atoms with Crippen molar-refractivity contribution in [3.8, 4) is 73.3 Å². The lowest BCUT2D eigenvalue weighted by atomic mass is 9.89. The Bertz CT molecular complexity index is 2730. The summed E-state index contributed by atoms with van der Waals surface area (Å²) in [4.78, 5) is 15.1. The zero-order valence-electron chi connectivity index (χ0n) is 27.5. The fourth-order valence-electron chi connectivity index (χ4n) is 7.08. The van der Waals surface area contributed by atoms with Crippen LogP contribution in [0.25, 0.3) is 89.5 Å². The second kappa shape index (κ2) is 11.9. The third-order valence-corrected chi connectivity index (χ3v) is 9.67. The number of para-hydroxylation sites is 1. The number of rotatable bonds is 5. The van der Waals surface area contributed by atoms with Crippen LogP contribution in [0.15, 0.2) is 168 Å². The van der Waals surface area contributed by atoms with Gasteiger partial charge in [0, 0.05) is 33.0 Å². The topological polar surface area (TPSA) is 61.0 Å². The number of ether oxygens (including phenoxy) is 1. The van der Waals surface area contributed by atoms with Gasteiger partial charge < -0.3 is 9.15 Å². The standard InChI is InChI=1S/C46H29N3O2/c1-2-9-29(10-3-1)30-17-21-32(22-18-30)44-47-45(49-46(48-44)34-25-26-39-38-13-6-7-15-40(38)51-42(39)27-34)33-23-19-31(20-24-33)36-14-8-16-41-43(36)37-12-5-4-11-35(37)28-50-41/h1-27H,28H2. The van der Waals surface area contributed by atoms with Crippen LogP contribution >= 0.6 is 0 Å². The summed E-state index contributed by atoms with van der Waals surface area (Å²) < 4.78 is 12.4. The molecule has 10 rings (SSSR count). The molecule has 7 aromatic carbocycles. The predicted molar refractivity (Wildman–Crippen MR) is 204 cm³/mol. The summed E-state index contributed by atoms with van der Waals surface area (Å²) in [6, 6.07) is 56.2. The normalized spacial score (nSPS) is 12.0. The van der Waals surface area contributed by atoms with E-state index in [1.54, 1.807) is 0 Å². The first-order chi connectivity index (χ1) is 25.2. The number of hydrogen-bond acceptors (Lipinski definition) is 5. The molecule has 0 radical (unpaired) electrons. The van der Waals surface area contributed by atoms with E-state index in [2.05, 4.69) is 127 Å². The van der Waals surface area contributed by atoms with Crippen molar-refractivity contribution in [2.24, 2.45) is 0 Å². The average molecular weight is 656 g/mol. The fraction of sp³-hybridized carbons (Fsp3) is 0.0217. The molecule has 51 heavy (non-hydrogen) atoms. The molecule has 9 aromatic rings. The van der Waals surface area contributed by atoms with Gasteiger partial charge in [-0.25, -0.2) is 15.0 Å². The molecule has 0 saturated carbocycles. The SMILES string of the molecule is c1ccc(-c2ccc(-c3nc(-c4ccc(-c5cccc6c5-c5ccccc5CO6)cc4)nc(-c4ccc5c(c4)oc4ccccc45)n3)cc2)cc1. The van der Waals surface area contributed by atoms with Crippen LogP contribution in [0.3, 0.4) is 0 Å². The van der Waals surface area contributed by atoms with E-state index in [-0.39, 0.29) is 0 Å². The van der Waals surface area contributed by atoms with Gasteiger partial charge in [-0.2, -0.15) is 0 Å². The minimum atomic E-state index is 0.577.